The van der Waals surface area contributed by atoms with Gasteiger partial charge >= 0.3 is 0 Å². The average Bonchev–Trinajstić information content (AvgIpc) is 2.68. The van der Waals surface area contributed by atoms with Crippen LogP contribution in [0.2, 0.25) is 0 Å². The SMILES string of the molecule is CC(C(=O)Nc1cccc(N2CCOCC2)c1)S(=O)(=O)c1ccc(F)cc1. The van der Waals surface area contributed by atoms with Crippen molar-refractivity contribution in [3.05, 3.63) is 54.3 Å². The highest BCUT2D eigenvalue weighted by atomic mass is 32.2. The lowest BCUT2D eigenvalue weighted by Crippen LogP contribution is -2.36. The van der Waals surface area contributed by atoms with Crippen LogP contribution in [0.15, 0.2) is 53.4 Å². The first-order valence-corrected chi connectivity index (χ1v) is 10.2. The zero-order valence-corrected chi connectivity index (χ0v) is 15.7. The normalized spacial score (nSPS) is 16.0. The zero-order valence-electron chi connectivity index (χ0n) is 14.9. The smallest absolute Gasteiger partial charge is 0.242 e. The molecule has 0 aromatic heterocycles. The number of hydrogen-bond acceptors (Lipinski definition) is 5. The Hall–Kier alpha value is -2.45. The number of hydrogen-bond donors (Lipinski definition) is 1. The molecular weight excluding hydrogens is 371 g/mol. The first-order chi connectivity index (χ1) is 12.9. The molecule has 1 amide bonds. The minimum Gasteiger partial charge on any atom is -0.378 e. The fourth-order valence-electron chi connectivity index (χ4n) is 2.82. The van der Waals surface area contributed by atoms with Crippen LogP contribution < -0.4 is 10.2 Å². The molecule has 6 nitrogen and oxygen atoms in total. The summed E-state index contributed by atoms with van der Waals surface area (Å²) in [7, 11) is -3.91. The van der Waals surface area contributed by atoms with E-state index in [-0.39, 0.29) is 4.90 Å². The Morgan fingerprint density at radius 1 is 1.15 bits per heavy atom. The Labute approximate surface area is 157 Å². The van der Waals surface area contributed by atoms with E-state index in [0.29, 0.717) is 18.9 Å². The van der Waals surface area contributed by atoms with Gasteiger partial charge in [-0.2, -0.15) is 0 Å². The Morgan fingerprint density at radius 2 is 1.81 bits per heavy atom. The minimum absolute atomic E-state index is 0.0892. The van der Waals surface area contributed by atoms with E-state index in [1.165, 1.54) is 6.92 Å². The standard InChI is InChI=1S/C19H21FN2O4S/c1-14(27(24,25)18-7-5-15(20)6-8-18)19(23)21-16-3-2-4-17(13-16)22-9-11-26-12-10-22/h2-8,13-14H,9-12H2,1H3,(H,21,23). The molecule has 1 aliphatic rings. The number of nitrogens with zero attached hydrogens (tertiary/aromatic N) is 1. The molecule has 2 aromatic carbocycles. The van der Waals surface area contributed by atoms with Crippen LogP contribution in [0.4, 0.5) is 15.8 Å². The summed E-state index contributed by atoms with van der Waals surface area (Å²) in [6.07, 6.45) is 0. The third-order valence-corrected chi connectivity index (χ3v) is 6.54. The van der Waals surface area contributed by atoms with Crippen molar-refractivity contribution in [2.24, 2.45) is 0 Å². The topological polar surface area (TPSA) is 75.7 Å². The Balaban J connectivity index is 1.73. The van der Waals surface area contributed by atoms with E-state index in [0.717, 1.165) is 43.0 Å². The van der Waals surface area contributed by atoms with E-state index in [9.17, 15) is 17.6 Å². The lowest BCUT2D eigenvalue weighted by Gasteiger charge is -2.29. The number of carbonyl (C=O) groups is 1. The molecule has 1 atom stereocenters. The van der Waals surface area contributed by atoms with Crippen molar-refractivity contribution < 1.29 is 22.3 Å². The van der Waals surface area contributed by atoms with Gasteiger partial charge in [-0.05, 0) is 49.4 Å². The molecule has 1 saturated heterocycles. The fourth-order valence-corrected chi connectivity index (χ4v) is 4.08. The van der Waals surface area contributed by atoms with Crippen LogP contribution in [0.3, 0.4) is 0 Å². The number of halogens is 1. The summed E-state index contributed by atoms with van der Waals surface area (Å²) in [5.41, 5.74) is 1.45. The second kappa shape index (κ2) is 8.06. The molecule has 1 aliphatic heterocycles. The highest BCUT2D eigenvalue weighted by molar-refractivity contribution is 7.92. The van der Waals surface area contributed by atoms with Crippen molar-refractivity contribution >= 4 is 27.1 Å². The van der Waals surface area contributed by atoms with Gasteiger partial charge in [-0.3, -0.25) is 4.79 Å². The van der Waals surface area contributed by atoms with E-state index in [4.69, 9.17) is 4.74 Å². The number of benzene rings is 2. The van der Waals surface area contributed by atoms with Gasteiger partial charge in [0.15, 0.2) is 9.84 Å². The number of sulfone groups is 1. The van der Waals surface area contributed by atoms with Gasteiger partial charge in [-0.1, -0.05) is 6.07 Å². The third-order valence-electron chi connectivity index (χ3n) is 4.47. The van der Waals surface area contributed by atoms with Gasteiger partial charge < -0.3 is 15.0 Å². The van der Waals surface area contributed by atoms with Gasteiger partial charge in [0.05, 0.1) is 18.1 Å². The summed E-state index contributed by atoms with van der Waals surface area (Å²) in [4.78, 5) is 14.5. The predicted octanol–water partition coefficient (Wildman–Crippen LogP) is 2.46. The zero-order chi connectivity index (χ0) is 19.4. The number of morpholine rings is 1. The second-order valence-electron chi connectivity index (χ2n) is 6.28. The van der Waals surface area contributed by atoms with Gasteiger partial charge in [0.2, 0.25) is 5.91 Å². The number of nitrogens with one attached hydrogen (secondary N) is 1. The quantitative estimate of drug-likeness (QED) is 0.791. The van der Waals surface area contributed by atoms with E-state index in [1.54, 1.807) is 18.2 Å². The number of carbonyl (C=O) groups excluding carboxylic acids is 1. The molecule has 1 N–H and O–H groups in total. The Kier molecular flexibility index (Phi) is 5.76. The molecular formula is C19H21FN2O4S. The van der Waals surface area contributed by atoms with Crippen LogP contribution in [0.25, 0.3) is 0 Å². The molecule has 27 heavy (non-hydrogen) atoms. The number of ether oxygens (including phenoxy) is 1. The lowest BCUT2D eigenvalue weighted by atomic mass is 10.2. The van der Waals surface area contributed by atoms with E-state index < -0.39 is 26.8 Å². The number of rotatable bonds is 5. The van der Waals surface area contributed by atoms with E-state index in [2.05, 4.69) is 10.2 Å². The van der Waals surface area contributed by atoms with Crippen molar-refractivity contribution in [2.75, 3.05) is 36.5 Å². The molecule has 0 saturated carbocycles. The fraction of sp³-hybridized carbons (Fsp3) is 0.316. The summed E-state index contributed by atoms with van der Waals surface area (Å²) in [5, 5.41) is 1.35. The van der Waals surface area contributed by atoms with Crippen molar-refractivity contribution in [3.8, 4) is 0 Å². The average molecular weight is 392 g/mol. The summed E-state index contributed by atoms with van der Waals surface area (Å²) < 4.78 is 43.5. The predicted molar refractivity (Wildman–Crippen MR) is 101 cm³/mol. The third kappa shape index (κ3) is 4.45. The number of amides is 1. The van der Waals surface area contributed by atoms with Crippen molar-refractivity contribution in [1.82, 2.24) is 0 Å². The highest BCUT2D eigenvalue weighted by Gasteiger charge is 2.30. The van der Waals surface area contributed by atoms with Gasteiger partial charge in [0, 0.05) is 24.5 Å². The first kappa shape index (κ1) is 19.3. The number of anilines is 2. The maximum Gasteiger partial charge on any atom is 0.242 e. The molecule has 1 fully saturated rings. The van der Waals surface area contributed by atoms with Gasteiger partial charge in [-0.15, -0.1) is 0 Å². The van der Waals surface area contributed by atoms with Crippen molar-refractivity contribution in [2.45, 2.75) is 17.1 Å². The summed E-state index contributed by atoms with van der Waals surface area (Å²) in [6, 6.07) is 11.7. The van der Waals surface area contributed by atoms with Gasteiger partial charge in [0.1, 0.15) is 11.1 Å². The van der Waals surface area contributed by atoms with Crippen LogP contribution in [-0.2, 0) is 19.4 Å². The van der Waals surface area contributed by atoms with Crippen LogP contribution in [0.1, 0.15) is 6.92 Å². The maximum atomic E-state index is 13.0. The molecule has 0 spiro atoms. The summed E-state index contributed by atoms with van der Waals surface area (Å²) >= 11 is 0. The van der Waals surface area contributed by atoms with E-state index >= 15 is 0 Å². The van der Waals surface area contributed by atoms with Crippen molar-refractivity contribution in [3.63, 3.8) is 0 Å². The molecule has 144 valence electrons. The monoisotopic (exact) mass is 392 g/mol. The summed E-state index contributed by atoms with van der Waals surface area (Å²) in [5.74, 6) is -1.18. The minimum atomic E-state index is -3.91. The van der Waals surface area contributed by atoms with Crippen molar-refractivity contribution in [1.29, 1.82) is 0 Å². The second-order valence-corrected chi connectivity index (χ2v) is 8.55. The van der Waals surface area contributed by atoms with Gasteiger partial charge in [-0.25, -0.2) is 12.8 Å². The van der Waals surface area contributed by atoms with Crippen LogP contribution >= 0.6 is 0 Å². The van der Waals surface area contributed by atoms with Crippen LogP contribution in [0, 0.1) is 5.82 Å². The largest absolute Gasteiger partial charge is 0.378 e. The first-order valence-electron chi connectivity index (χ1n) is 8.61. The van der Waals surface area contributed by atoms with Gasteiger partial charge in [0.25, 0.3) is 0 Å². The summed E-state index contributed by atoms with van der Waals surface area (Å²) in [6.45, 7) is 4.12. The molecule has 0 aliphatic carbocycles. The molecule has 0 bridgehead atoms. The molecule has 1 heterocycles. The van der Waals surface area contributed by atoms with E-state index in [1.807, 2.05) is 6.07 Å². The molecule has 1 unspecified atom stereocenters. The molecule has 3 rings (SSSR count). The maximum absolute atomic E-state index is 13.0. The van der Waals surface area contributed by atoms with Crippen LogP contribution in [0.5, 0.6) is 0 Å². The highest BCUT2D eigenvalue weighted by Crippen LogP contribution is 2.22. The molecule has 8 heteroatoms. The Bertz CT molecular complexity index is 910. The molecule has 0 radical (unpaired) electrons. The Morgan fingerprint density at radius 3 is 2.48 bits per heavy atom. The van der Waals surface area contributed by atoms with Crippen LogP contribution in [-0.4, -0.2) is 45.9 Å². The lowest BCUT2D eigenvalue weighted by molar-refractivity contribution is -0.115. The molecule has 2 aromatic rings.